The van der Waals surface area contributed by atoms with Crippen LogP contribution in [0.4, 0.5) is 0 Å². The first-order valence-corrected chi connectivity index (χ1v) is 19.3. The van der Waals surface area contributed by atoms with Crippen LogP contribution >= 0.6 is 0 Å². The van der Waals surface area contributed by atoms with Gasteiger partial charge in [0.25, 0.3) is 0 Å². The van der Waals surface area contributed by atoms with Crippen molar-refractivity contribution in [2.75, 3.05) is 13.2 Å². The summed E-state index contributed by atoms with van der Waals surface area (Å²) in [6.45, 7) is 8.87. The van der Waals surface area contributed by atoms with E-state index in [4.69, 9.17) is 9.47 Å². The van der Waals surface area contributed by atoms with Crippen LogP contribution in [-0.4, -0.2) is 36.4 Å². The summed E-state index contributed by atoms with van der Waals surface area (Å²) in [6, 6.07) is 0. The maximum atomic E-state index is 12.1. The van der Waals surface area contributed by atoms with E-state index in [1.807, 2.05) is 0 Å². The van der Waals surface area contributed by atoms with Gasteiger partial charge in [0.2, 0.25) is 0 Å². The average Bonchev–Trinajstić information content (AvgIpc) is 3.01. The van der Waals surface area contributed by atoms with E-state index in [1.165, 1.54) is 135 Å². The van der Waals surface area contributed by atoms with Crippen molar-refractivity contribution >= 4 is 11.9 Å². The fourth-order valence-corrected chi connectivity index (χ4v) is 5.77. The highest BCUT2D eigenvalue weighted by molar-refractivity contribution is 5.70. The van der Waals surface area contributed by atoms with E-state index < -0.39 is 6.10 Å². The second kappa shape index (κ2) is 33.3. The maximum Gasteiger partial charge on any atom is 0.306 e. The number of aliphatic hydroxyl groups is 1. The van der Waals surface area contributed by atoms with Gasteiger partial charge in [-0.1, -0.05) is 182 Å². The summed E-state index contributed by atoms with van der Waals surface area (Å²) < 4.78 is 10.6. The van der Waals surface area contributed by atoms with Crippen molar-refractivity contribution in [1.82, 2.24) is 0 Å². The molecule has 1 N–H and O–H groups in total. The largest absolute Gasteiger partial charge is 0.462 e. The number of rotatable bonds is 34. The van der Waals surface area contributed by atoms with E-state index in [9.17, 15) is 14.7 Å². The molecule has 0 aromatic heterocycles. The molecule has 0 saturated heterocycles. The number of unbranched alkanes of at least 4 members (excludes halogenated alkanes) is 21. The second-order valence-corrected chi connectivity index (χ2v) is 14.1. The van der Waals surface area contributed by atoms with Crippen LogP contribution in [-0.2, 0) is 19.1 Å². The first-order chi connectivity index (χ1) is 21.4. The average molecular weight is 625 g/mol. The number of ether oxygens (including phenoxy) is 2. The molecule has 0 rings (SSSR count). The molecule has 0 aliphatic rings. The fourth-order valence-electron chi connectivity index (χ4n) is 5.77. The highest BCUT2D eigenvalue weighted by Gasteiger charge is 2.16. The number of aliphatic hydroxyl groups excluding tert-OH is 1. The Morgan fingerprint density at radius 3 is 1.27 bits per heavy atom. The summed E-state index contributed by atoms with van der Waals surface area (Å²) in [4.78, 5) is 24.2. The Balaban J connectivity index is 3.52. The Labute approximate surface area is 274 Å². The lowest BCUT2D eigenvalue weighted by Gasteiger charge is -2.15. The Kier molecular flexibility index (Phi) is 32.4. The SMILES string of the molecule is CCC(C)CCCCCCCCCCCCC(=O)O[C@@H](CO)COC(=O)CCCCCCCCCCCCCCCC(C)C. The molecule has 0 aromatic carbocycles. The van der Waals surface area contributed by atoms with Crippen LogP contribution in [0.1, 0.15) is 207 Å². The van der Waals surface area contributed by atoms with Gasteiger partial charge in [0.15, 0.2) is 6.10 Å². The quantitative estimate of drug-likeness (QED) is 0.0569. The van der Waals surface area contributed by atoms with Crippen molar-refractivity contribution in [3.8, 4) is 0 Å². The molecule has 0 fully saturated rings. The Morgan fingerprint density at radius 2 is 0.886 bits per heavy atom. The van der Waals surface area contributed by atoms with Crippen LogP contribution in [0.25, 0.3) is 0 Å². The minimum absolute atomic E-state index is 0.0589. The molecule has 44 heavy (non-hydrogen) atoms. The lowest BCUT2D eigenvalue weighted by molar-refractivity contribution is -0.161. The van der Waals surface area contributed by atoms with Gasteiger partial charge in [0, 0.05) is 12.8 Å². The van der Waals surface area contributed by atoms with Crippen LogP contribution < -0.4 is 0 Å². The van der Waals surface area contributed by atoms with Gasteiger partial charge < -0.3 is 14.6 Å². The molecule has 262 valence electrons. The van der Waals surface area contributed by atoms with Crippen LogP contribution in [0.5, 0.6) is 0 Å². The normalized spacial score (nSPS) is 12.9. The van der Waals surface area contributed by atoms with Crippen molar-refractivity contribution in [1.29, 1.82) is 0 Å². The lowest BCUT2D eigenvalue weighted by atomic mass is 9.99. The van der Waals surface area contributed by atoms with Gasteiger partial charge in [-0.2, -0.15) is 0 Å². The van der Waals surface area contributed by atoms with Crippen molar-refractivity contribution in [3.63, 3.8) is 0 Å². The van der Waals surface area contributed by atoms with Crippen molar-refractivity contribution in [2.24, 2.45) is 11.8 Å². The maximum absolute atomic E-state index is 12.1. The van der Waals surface area contributed by atoms with Gasteiger partial charge in [0.05, 0.1) is 6.61 Å². The number of hydrogen-bond acceptors (Lipinski definition) is 5. The standard InChI is InChI=1S/C39H76O5/c1-5-36(4)30-26-22-18-14-11-12-16-20-24-28-32-39(42)44-37(33-40)34-43-38(41)31-27-23-19-15-10-8-6-7-9-13-17-21-25-29-35(2)3/h35-37,40H,5-34H2,1-4H3/t36?,37-/m0/s1. The first-order valence-electron chi connectivity index (χ1n) is 19.3. The second-order valence-electron chi connectivity index (χ2n) is 14.1. The third-order valence-corrected chi connectivity index (χ3v) is 9.12. The number of carbonyl (C=O) groups is 2. The summed E-state index contributed by atoms with van der Waals surface area (Å²) in [5.74, 6) is 1.14. The Hall–Kier alpha value is -1.10. The minimum Gasteiger partial charge on any atom is -0.462 e. The van der Waals surface area contributed by atoms with Crippen LogP contribution in [0.3, 0.4) is 0 Å². The molecule has 0 aliphatic carbocycles. The molecular formula is C39H76O5. The topological polar surface area (TPSA) is 72.8 Å². The highest BCUT2D eigenvalue weighted by Crippen LogP contribution is 2.17. The summed E-state index contributed by atoms with van der Waals surface area (Å²) in [5.41, 5.74) is 0. The highest BCUT2D eigenvalue weighted by atomic mass is 16.6. The smallest absolute Gasteiger partial charge is 0.306 e. The molecule has 2 atom stereocenters. The van der Waals surface area contributed by atoms with Gasteiger partial charge in [-0.25, -0.2) is 0 Å². The van der Waals surface area contributed by atoms with E-state index in [1.54, 1.807) is 0 Å². The molecule has 0 amide bonds. The molecule has 0 bridgehead atoms. The molecule has 1 unspecified atom stereocenters. The molecule has 0 aliphatic heterocycles. The molecule has 0 heterocycles. The summed E-state index contributed by atoms with van der Waals surface area (Å²) >= 11 is 0. The van der Waals surface area contributed by atoms with E-state index in [0.29, 0.717) is 12.8 Å². The van der Waals surface area contributed by atoms with Crippen LogP contribution in [0.15, 0.2) is 0 Å². The third kappa shape index (κ3) is 32.3. The zero-order chi connectivity index (χ0) is 32.5. The Morgan fingerprint density at radius 1 is 0.523 bits per heavy atom. The zero-order valence-electron chi connectivity index (χ0n) is 30.0. The minimum atomic E-state index is -0.762. The lowest BCUT2D eigenvalue weighted by Crippen LogP contribution is -2.28. The van der Waals surface area contributed by atoms with Gasteiger partial charge in [-0.3, -0.25) is 9.59 Å². The van der Waals surface area contributed by atoms with Crippen molar-refractivity contribution < 1.29 is 24.2 Å². The molecule has 5 heteroatoms. The fraction of sp³-hybridized carbons (Fsp3) is 0.949. The van der Waals surface area contributed by atoms with E-state index in [2.05, 4.69) is 27.7 Å². The van der Waals surface area contributed by atoms with Crippen LogP contribution in [0, 0.1) is 11.8 Å². The summed E-state index contributed by atoms with van der Waals surface area (Å²) in [5, 5.41) is 9.54. The van der Waals surface area contributed by atoms with Gasteiger partial charge >= 0.3 is 11.9 Å². The van der Waals surface area contributed by atoms with E-state index >= 15 is 0 Å². The third-order valence-electron chi connectivity index (χ3n) is 9.12. The van der Waals surface area contributed by atoms with Gasteiger partial charge in [0.1, 0.15) is 6.61 Å². The first kappa shape index (κ1) is 42.9. The van der Waals surface area contributed by atoms with Crippen molar-refractivity contribution in [3.05, 3.63) is 0 Å². The number of hydrogen-bond donors (Lipinski definition) is 1. The molecule has 0 saturated carbocycles. The van der Waals surface area contributed by atoms with E-state index in [0.717, 1.165) is 43.9 Å². The monoisotopic (exact) mass is 625 g/mol. The molecule has 0 spiro atoms. The predicted octanol–water partition coefficient (Wildman–Crippen LogP) is 11.7. The van der Waals surface area contributed by atoms with Gasteiger partial charge in [-0.15, -0.1) is 0 Å². The zero-order valence-corrected chi connectivity index (χ0v) is 30.0. The van der Waals surface area contributed by atoms with E-state index in [-0.39, 0.29) is 25.2 Å². The Bertz CT molecular complexity index is 620. The summed E-state index contributed by atoms with van der Waals surface area (Å²) in [7, 11) is 0. The number of carbonyl (C=O) groups excluding carboxylic acids is 2. The molecule has 0 radical (unpaired) electrons. The van der Waals surface area contributed by atoms with Gasteiger partial charge in [-0.05, 0) is 24.7 Å². The number of esters is 2. The predicted molar refractivity (Wildman–Crippen MR) is 187 cm³/mol. The molecule has 0 aromatic rings. The molecule has 5 nitrogen and oxygen atoms in total. The van der Waals surface area contributed by atoms with Crippen molar-refractivity contribution in [2.45, 2.75) is 214 Å². The van der Waals surface area contributed by atoms with Crippen LogP contribution in [0.2, 0.25) is 0 Å². The summed E-state index contributed by atoms with van der Waals surface area (Å²) in [6.07, 6.45) is 33.0. The molecular weight excluding hydrogens is 548 g/mol.